The molecule has 0 saturated heterocycles. The summed E-state index contributed by atoms with van der Waals surface area (Å²) >= 11 is 0. The number of ether oxygens (including phenoxy) is 1. The molecule has 0 unspecified atom stereocenters. The Balaban J connectivity index is 1.68. The first-order chi connectivity index (χ1) is 14.1. The maximum atomic E-state index is 12.4. The largest absolute Gasteiger partial charge is 0.573 e. The number of rotatable bonds is 6. The van der Waals surface area contributed by atoms with Crippen LogP contribution in [0.25, 0.3) is 0 Å². The number of anilines is 1. The summed E-state index contributed by atoms with van der Waals surface area (Å²) in [6.07, 6.45) is -4.83. The SMILES string of the molecule is O=C(Nc1cccc(OC(F)(F)F)c1)c1ccc(CS(=O)(=O)c2ccccc2)cc1. The topological polar surface area (TPSA) is 72.5 Å². The smallest absolute Gasteiger partial charge is 0.406 e. The van der Waals surface area contributed by atoms with E-state index in [1.54, 1.807) is 18.2 Å². The minimum atomic E-state index is -4.83. The standard InChI is InChI=1S/C21H16F3NO4S/c22-21(23,24)29-18-6-4-5-17(13-18)25-20(26)16-11-9-15(10-12-16)14-30(27,28)19-7-2-1-3-8-19/h1-13H,14H2,(H,25,26). The first-order valence-corrected chi connectivity index (χ1v) is 10.3. The average Bonchev–Trinajstić information content (AvgIpc) is 2.68. The normalized spacial score (nSPS) is 11.7. The molecular weight excluding hydrogens is 419 g/mol. The summed E-state index contributed by atoms with van der Waals surface area (Å²) in [4.78, 5) is 12.5. The van der Waals surface area contributed by atoms with Crippen molar-refractivity contribution < 1.29 is 31.1 Å². The van der Waals surface area contributed by atoms with Gasteiger partial charge in [0.25, 0.3) is 5.91 Å². The van der Waals surface area contributed by atoms with Crippen LogP contribution in [0.2, 0.25) is 0 Å². The Morgan fingerprint density at radius 2 is 1.57 bits per heavy atom. The van der Waals surface area contributed by atoms with Crippen molar-refractivity contribution in [2.24, 2.45) is 0 Å². The van der Waals surface area contributed by atoms with Gasteiger partial charge in [-0.2, -0.15) is 0 Å². The zero-order chi connectivity index (χ0) is 21.8. The zero-order valence-corrected chi connectivity index (χ0v) is 16.2. The van der Waals surface area contributed by atoms with Crippen LogP contribution in [-0.4, -0.2) is 20.7 Å². The van der Waals surface area contributed by atoms with Crippen molar-refractivity contribution in [3.05, 3.63) is 90.0 Å². The molecule has 1 N–H and O–H groups in total. The highest BCUT2D eigenvalue weighted by atomic mass is 32.2. The van der Waals surface area contributed by atoms with Crippen molar-refractivity contribution in [1.29, 1.82) is 0 Å². The lowest BCUT2D eigenvalue weighted by molar-refractivity contribution is -0.274. The van der Waals surface area contributed by atoms with Crippen LogP contribution in [0.5, 0.6) is 5.75 Å². The van der Waals surface area contributed by atoms with E-state index in [9.17, 15) is 26.4 Å². The van der Waals surface area contributed by atoms with Gasteiger partial charge in [-0.1, -0.05) is 36.4 Å². The number of carbonyl (C=O) groups is 1. The summed E-state index contributed by atoms with van der Waals surface area (Å²) < 4.78 is 65.6. The molecule has 30 heavy (non-hydrogen) atoms. The zero-order valence-electron chi connectivity index (χ0n) is 15.4. The maximum absolute atomic E-state index is 12.4. The summed E-state index contributed by atoms with van der Waals surface area (Å²) in [6.45, 7) is 0. The van der Waals surface area contributed by atoms with Crippen molar-refractivity contribution in [2.45, 2.75) is 17.0 Å². The molecule has 3 aromatic carbocycles. The highest BCUT2D eigenvalue weighted by Crippen LogP contribution is 2.25. The molecule has 0 bridgehead atoms. The van der Waals surface area contributed by atoms with Gasteiger partial charge in [0.2, 0.25) is 0 Å². The summed E-state index contributed by atoms with van der Waals surface area (Å²) in [5.41, 5.74) is 0.839. The van der Waals surface area contributed by atoms with Crippen molar-refractivity contribution in [3.8, 4) is 5.75 Å². The van der Waals surface area contributed by atoms with Gasteiger partial charge in [0.15, 0.2) is 9.84 Å². The minimum absolute atomic E-state index is 0.123. The third-order valence-electron chi connectivity index (χ3n) is 4.00. The van der Waals surface area contributed by atoms with Crippen LogP contribution < -0.4 is 10.1 Å². The van der Waals surface area contributed by atoms with Crippen LogP contribution in [0.1, 0.15) is 15.9 Å². The molecule has 3 rings (SSSR count). The molecule has 0 aliphatic heterocycles. The number of hydrogen-bond donors (Lipinski definition) is 1. The minimum Gasteiger partial charge on any atom is -0.406 e. The summed E-state index contributed by atoms with van der Waals surface area (Å²) in [5.74, 6) is -1.24. The number of carbonyl (C=O) groups excluding carboxylic acids is 1. The number of nitrogens with one attached hydrogen (secondary N) is 1. The van der Waals surface area contributed by atoms with E-state index >= 15 is 0 Å². The predicted octanol–water partition coefficient (Wildman–Crippen LogP) is 4.81. The molecule has 0 aliphatic rings. The highest BCUT2D eigenvalue weighted by molar-refractivity contribution is 7.90. The fraction of sp³-hybridized carbons (Fsp3) is 0.0952. The molecule has 9 heteroatoms. The molecule has 0 spiro atoms. The molecule has 0 aliphatic carbocycles. The van der Waals surface area contributed by atoms with E-state index in [4.69, 9.17) is 0 Å². The Labute approximate surface area is 171 Å². The van der Waals surface area contributed by atoms with Crippen LogP contribution >= 0.6 is 0 Å². The second-order valence-corrected chi connectivity index (χ2v) is 8.29. The summed E-state index contributed by atoms with van der Waals surface area (Å²) in [6, 6.07) is 18.8. The Bertz CT molecular complexity index is 1130. The Kier molecular flexibility index (Phi) is 6.12. The van der Waals surface area contributed by atoms with Crippen molar-refractivity contribution in [1.82, 2.24) is 0 Å². The van der Waals surface area contributed by atoms with Gasteiger partial charge in [0.1, 0.15) is 5.75 Å². The van der Waals surface area contributed by atoms with Crippen molar-refractivity contribution in [2.75, 3.05) is 5.32 Å². The monoisotopic (exact) mass is 435 g/mol. The van der Waals surface area contributed by atoms with Gasteiger partial charge in [0.05, 0.1) is 10.6 Å². The lowest BCUT2D eigenvalue weighted by Gasteiger charge is -2.11. The average molecular weight is 435 g/mol. The second-order valence-electron chi connectivity index (χ2n) is 6.30. The van der Waals surface area contributed by atoms with Crippen LogP contribution in [-0.2, 0) is 15.6 Å². The van der Waals surface area contributed by atoms with E-state index in [2.05, 4.69) is 10.1 Å². The van der Waals surface area contributed by atoms with Crippen LogP contribution in [0.15, 0.2) is 83.8 Å². The molecule has 0 radical (unpaired) electrons. The van der Waals surface area contributed by atoms with Gasteiger partial charge in [-0.3, -0.25) is 4.79 Å². The van der Waals surface area contributed by atoms with Crippen LogP contribution in [0.4, 0.5) is 18.9 Å². The Hall–Kier alpha value is -3.33. The van der Waals surface area contributed by atoms with Crippen LogP contribution in [0, 0.1) is 0 Å². The lowest BCUT2D eigenvalue weighted by Crippen LogP contribution is -2.17. The van der Waals surface area contributed by atoms with Gasteiger partial charge >= 0.3 is 6.36 Å². The molecule has 0 fully saturated rings. The van der Waals surface area contributed by atoms with E-state index in [1.807, 2.05) is 0 Å². The molecule has 0 atom stereocenters. The molecule has 1 amide bonds. The highest BCUT2D eigenvalue weighted by Gasteiger charge is 2.31. The number of alkyl halides is 3. The number of hydrogen-bond acceptors (Lipinski definition) is 4. The molecule has 156 valence electrons. The van der Waals surface area contributed by atoms with Gasteiger partial charge < -0.3 is 10.1 Å². The van der Waals surface area contributed by atoms with Gasteiger partial charge in [-0.15, -0.1) is 13.2 Å². The molecular formula is C21H16F3NO4S. The van der Waals surface area contributed by atoms with Gasteiger partial charge in [0, 0.05) is 17.3 Å². The quantitative estimate of drug-likeness (QED) is 0.603. The lowest BCUT2D eigenvalue weighted by atomic mass is 10.1. The van der Waals surface area contributed by atoms with Crippen molar-refractivity contribution in [3.63, 3.8) is 0 Å². The van der Waals surface area contributed by atoms with E-state index in [0.717, 1.165) is 12.1 Å². The fourth-order valence-electron chi connectivity index (χ4n) is 2.66. The molecule has 3 aromatic rings. The van der Waals surface area contributed by atoms with E-state index in [1.165, 1.54) is 48.5 Å². The number of benzene rings is 3. The maximum Gasteiger partial charge on any atom is 0.573 e. The van der Waals surface area contributed by atoms with E-state index < -0.39 is 27.9 Å². The number of sulfone groups is 1. The van der Waals surface area contributed by atoms with Gasteiger partial charge in [-0.05, 0) is 42.0 Å². The number of amides is 1. The second kappa shape index (κ2) is 8.58. The third-order valence-corrected chi connectivity index (χ3v) is 5.70. The molecule has 0 aromatic heterocycles. The number of halogens is 3. The molecule has 5 nitrogen and oxygen atoms in total. The van der Waals surface area contributed by atoms with E-state index in [-0.39, 0.29) is 21.9 Å². The Morgan fingerprint density at radius 1 is 0.900 bits per heavy atom. The van der Waals surface area contributed by atoms with Crippen molar-refractivity contribution >= 4 is 21.4 Å². The predicted molar refractivity (Wildman–Crippen MR) is 105 cm³/mol. The van der Waals surface area contributed by atoms with Gasteiger partial charge in [-0.25, -0.2) is 8.42 Å². The van der Waals surface area contributed by atoms with Crippen LogP contribution in [0.3, 0.4) is 0 Å². The summed E-state index contributed by atoms with van der Waals surface area (Å²) in [7, 11) is -3.52. The van der Waals surface area contributed by atoms with E-state index in [0.29, 0.717) is 5.56 Å². The fourth-order valence-corrected chi connectivity index (χ4v) is 4.03. The molecule has 0 saturated carbocycles. The first-order valence-electron chi connectivity index (χ1n) is 8.66. The first kappa shape index (κ1) is 21.4. The third kappa shape index (κ3) is 5.84. The summed E-state index contributed by atoms with van der Waals surface area (Å²) in [5, 5.41) is 2.47. The molecule has 0 heterocycles. The Morgan fingerprint density at radius 3 is 2.20 bits per heavy atom.